The first kappa shape index (κ1) is 13.9. The van der Waals surface area contributed by atoms with Gasteiger partial charge in [-0.15, -0.1) is 0 Å². The smallest absolute Gasteiger partial charge is 0.263 e. The molecule has 0 aromatic carbocycles. The number of ether oxygens (including phenoxy) is 1. The Morgan fingerprint density at radius 3 is 2.70 bits per heavy atom. The SMILES string of the molecule is COC1(c2ccnn2C)CN(c2nc3c(cnn3C)c(=O)[nH]2)C1. The molecule has 9 nitrogen and oxygen atoms in total. The molecule has 0 amide bonds. The number of fused-ring (bicyclic) bond motifs is 1. The molecule has 0 unspecified atom stereocenters. The van der Waals surface area contributed by atoms with Crippen LogP contribution in [0.25, 0.3) is 11.0 Å². The van der Waals surface area contributed by atoms with Gasteiger partial charge < -0.3 is 9.64 Å². The number of hydrogen-bond donors (Lipinski definition) is 1. The second kappa shape index (κ2) is 4.66. The minimum absolute atomic E-state index is 0.187. The van der Waals surface area contributed by atoms with Crippen molar-refractivity contribution < 1.29 is 4.74 Å². The zero-order chi connectivity index (χ0) is 16.2. The number of anilines is 1. The Hall–Kier alpha value is -2.68. The third kappa shape index (κ3) is 1.89. The molecular weight excluding hydrogens is 298 g/mol. The van der Waals surface area contributed by atoms with E-state index in [1.807, 2.05) is 18.0 Å². The highest BCUT2D eigenvalue weighted by Crippen LogP contribution is 2.36. The number of aromatic amines is 1. The highest BCUT2D eigenvalue weighted by atomic mass is 16.5. The molecule has 0 spiro atoms. The van der Waals surface area contributed by atoms with Gasteiger partial charge in [0, 0.05) is 27.4 Å². The van der Waals surface area contributed by atoms with Gasteiger partial charge in [0.15, 0.2) is 5.65 Å². The number of nitrogens with zero attached hydrogens (tertiary/aromatic N) is 6. The van der Waals surface area contributed by atoms with Gasteiger partial charge in [-0.25, -0.2) is 0 Å². The number of H-pyrrole nitrogens is 1. The fourth-order valence-corrected chi connectivity index (χ4v) is 3.11. The van der Waals surface area contributed by atoms with E-state index in [1.54, 1.807) is 29.7 Å². The number of aryl methyl sites for hydroxylation is 2. The molecule has 0 aliphatic carbocycles. The van der Waals surface area contributed by atoms with E-state index >= 15 is 0 Å². The lowest BCUT2D eigenvalue weighted by atomic mass is 9.90. The average Bonchev–Trinajstić information content (AvgIpc) is 3.07. The Kier molecular flexibility index (Phi) is 2.82. The third-order valence-electron chi connectivity index (χ3n) is 4.46. The first-order valence-corrected chi connectivity index (χ1v) is 7.25. The Bertz CT molecular complexity index is 932. The molecule has 1 N–H and O–H groups in total. The molecule has 1 fully saturated rings. The largest absolute Gasteiger partial charge is 0.368 e. The van der Waals surface area contributed by atoms with Gasteiger partial charge >= 0.3 is 0 Å². The second-order valence-electron chi connectivity index (χ2n) is 5.79. The van der Waals surface area contributed by atoms with Crippen molar-refractivity contribution in [3.63, 3.8) is 0 Å². The van der Waals surface area contributed by atoms with Crippen molar-refractivity contribution in [3.8, 4) is 0 Å². The van der Waals surface area contributed by atoms with E-state index in [1.165, 1.54) is 6.20 Å². The molecule has 0 saturated carbocycles. The molecule has 1 aliphatic rings. The summed E-state index contributed by atoms with van der Waals surface area (Å²) in [5, 5.41) is 8.77. The van der Waals surface area contributed by atoms with Crippen LogP contribution in [0.4, 0.5) is 5.95 Å². The maximum Gasteiger partial charge on any atom is 0.263 e. The summed E-state index contributed by atoms with van der Waals surface area (Å²) >= 11 is 0. The van der Waals surface area contributed by atoms with Crippen LogP contribution in [-0.2, 0) is 24.4 Å². The van der Waals surface area contributed by atoms with Crippen molar-refractivity contribution in [1.82, 2.24) is 29.5 Å². The summed E-state index contributed by atoms with van der Waals surface area (Å²) in [6, 6.07) is 1.95. The van der Waals surface area contributed by atoms with Gasteiger partial charge in [0.25, 0.3) is 5.56 Å². The van der Waals surface area contributed by atoms with Crippen LogP contribution in [0.5, 0.6) is 0 Å². The first-order valence-electron chi connectivity index (χ1n) is 7.25. The minimum Gasteiger partial charge on any atom is -0.368 e. The van der Waals surface area contributed by atoms with Crippen LogP contribution in [0.3, 0.4) is 0 Å². The zero-order valence-corrected chi connectivity index (χ0v) is 13.1. The summed E-state index contributed by atoms with van der Waals surface area (Å²) in [6.07, 6.45) is 3.27. The Balaban J connectivity index is 1.68. The quantitative estimate of drug-likeness (QED) is 0.716. The van der Waals surface area contributed by atoms with E-state index in [-0.39, 0.29) is 5.56 Å². The number of aromatic nitrogens is 6. The summed E-state index contributed by atoms with van der Waals surface area (Å²) in [4.78, 5) is 21.5. The van der Waals surface area contributed by atoms with Crippen molar-refractivity contribution in [2.45, 2.75) is 5.60 Å². The van der Waals surface area contributed by atoms with Gasteiger partial charge in [-0.05, 0) is 6.07 Å². The predicted octanol–water partition coefficient (Wildman–Crippen LogP) is -0.248. The number of hydrogen-bond acceptors (Lipinski definition) is 6. The maximum absolute atomic E-state index is 12.2. The van der Waals surface area contributed by atoms with Crippen LogP contribution in [0, 0.1) is 0 Å². The summed E-state index contributed by atoms with van der Waals surface area (Å²) in [5.74, 6) is 0.529. The third-order valence-corrected chi connectivity index (χ3v) is 4.46. The van der Waals surface area contributed by atoms with Crippen LogP contribution in [0.2, 0.25) is 0 Å². The highest BCUT2D eigenvalue weighted by molar-refractivity contribution is 5.74. The van der Waals surface area contributed by atoms with E-state index in [0.29, 0.717) is 30.1 Å². The standard InChI is InChI=1S/C14H17N7O2/c1-19-10(4-5-15-19)14(23-3)7-21(8-14)13-17-11-9(12(22)18-13)6-16-20(11)2/h4-6H,7-8H2,1-3H3,(H,17,18,22). The van der Waals surface area contributed by atoms with Crippen molar-refractivity contribution in [1.29, 1.82) is 0 Å². The van der Waals surface area contributed by atoms with Crippen LogP contribution >= 0.6 is 0 Å². The fraction of sp³-hybridized carbons (Fsp3) is 0.429. The zero-order valence-electron chi connectivity index (χ0n) is 13.1. The van der Waals surface area contributed by atoms with E-state index in [4.69, 9.17) is 4.74 Å². The Morgan fingerprint density at radius 1 is 1.26 bits per heavy atom. The molecule has 9 heteroatoms. The normalized spacial score (nSPS) is 16.7. The average molecular weight is 315 g/mol. The lowest BCUT2D eigenvalue weighted by Gasteiger charge is -2.48. The van der Waals surface area contributed by atoms with Crippen LogP contribution in [0.1, 0.15) is 5.69 Å². The second-order valence-corrected chi connectivity index (χ2v) is 5.79. The van der Waals surface area contributed by atoms with Crippen LogP contribution in [0.15, 0.2) is 23.3 Å². The topological polar surface area (TPSA) is 93.9 Å². The lowest BCUT2D eigenvalue weighted by molar-refractivity contribution is -0.0451. The first-order chi connectivity index (χ1) is 11.0. The van der Waals surface area contributed by atoms with E-state index in [0.717, 1.165) is 5.69 Å². The monoisotopic (exact) mass is 315 g/mol. The molecule has 1 aliphatic heterocycles. The van der Waals surface area contributed by atoms with Crippen molar-refractivity contribution >= 4 is 17.0 Å². The van der Waals surface area contributed by atoms with Gasteiger partial charge in [0.05, 0.1) is 25.0 Å². The number of rotatable bonds is 3. The molecule has 0 bridgehead atoms. The van der Waals surface area contributed by atoms with Gasteiger partial charge in [-0.1, -0.05) is 0 Å². The van der Waals surface area contributed by atoms with Gasteiger partial charge in [0.1, 0.15) is 11.0 Å². The fourth-order valence-electron chi connectivity index (χ4n) is 3.11. The maximum atomic E-state index is 12.2. The molecule has 4 rings (SSSR count). The predicted molar refractivity (Wildman–Crippen MR) is 83.2 cm³/mol. The Morgan fingerprint density at radius 2 is 2.04 bits per heavy atom. The van der Waals surface area contributed by atoms with E-state index < -0.39 is 5.60 Å². The molecular formula is C14H17N7O2. The van der Waals surface area contributed by atoms with Gasteiger partial charge in [-0.3, -0.25) is 19.1 Å². The molecule has 23 heavy (non-hydrogen) atoms. The van der Waals surface area contributed by atoms with Crippen LogP contribution in [-0.4, -0.2) is 49.7 Å². The number of methoxy groups -OCH3 is 1. The van der Waals surface area contributed by atoms with Crippen LogP contribution < -0.4 is 10.5 Å². The number of nitrogens with one attached hydrogen (secondary N) is 1. The molecule has 0 atom stereocenters. The molecule has 120 valence electrons. The summed E-state index contributed by atoms with van der Waals surface area (Å²) in [6.45, 7) is 1.19. The molecule has 3 aromatic rings. The van der Waals surface area contributed by atoms with Crippen molar-refractivity contribution in [2.24, 2.45) is 14.1 Å². The van der Waals surface area contributed by atoms with Crippen molar-refractivity contribution in [3.05, 3.63) is 34.5 Å². The molecule has 1 saturated heterocycles. The molecule has 3 aromatic heterocycles. The lowest BCUT2D eigenvalue weighted by Crippen LogP contribution is -2.62. The summed E-state index contributed by atoms with van der Waals surface area (Å²) in [7, 11) is 5.34. The minimum atomic E-state index is -0.439. The molecule has 0 radical (unpaired) electrons. The van der Waals surface area contributed by atoms with E-state index in [9.17, 15) is 4.79 Å². The van der Waals surface area contributed by atoms with Crippen molar-refractivity contribution in [2.75, 3.05) is 25.1 Å². The highest BCUT2D eigenvalue weighted by Gasteiger charge is 2.48. The summed E-state index contributed by atoms with van der Waals surface area (Å²) < 4.78 is 9.14. The van der Waals surface area contributed by atoms with E-state index in [2.05, 4.69) is 20.2 Å². The van der Waals surface area contributed by atoms with Gasteiger partial charge in [0.2, 0.25) is 5.95 Å². The van der Waals surface area contributed by atoms with Gasteiger partial charge in [-0.2, -0.15) is 15.2 Å². The summed E-state index contributed by atoms with van der Waals surface area (Å²) in [5.41, 5.74) is 0.943. The Labute approximate surface area is 131 Å². The molecule has 4 heterocycles.